The van der Waals surface area contributed by atoms with E-state index in [1.54, 1.807) is 13.0 Å². The van der Waals surface area contributed by atoms with Crippen molar-refractivity contribution in [1.82, 2.24) is 4.90 Å². The zero-order valence-corrected chi connectivity index (χ0v) is 30.4. The summed E-state index contributed by atoms with van der Waals surface area (Å²) in [5, 5.41) is 0. The number of hydrogen-bond acceptors (Lipinski definition) is 7. The monoisotopic (exact) mass is 709 g/mol. The molecule has 1 aliphatic rings. The molecule has 0 spiro atoms. The van der Waals surface area contributed by atoms with Crippen molar-refractivity contribution in [1.29, 1.82) is 0 Å². The van der Waals surface area contributed by atoms with Crippen LogP contribution in [0.15, 0.2) is 61.2 Å². The Hall–Kier alpha value is -2.94. The molecule has 2 aromatic carbocycles. The maximum Gasteiger partial charge on any atom is 0.508 e. The van der Waals surface area contributed by atoms with Crippen molar-refractivity contribution in [3.05, 3.63) is 72.3 Å². The summed E-state index contributed by atoms with van der Waals surface area (Å²) >= 11 is 17.0. The smallest absolute Gasteiger partial charge is 0.460 e. The summed E-state index contributed by atoms with van der Waals surface area (Å²) in [6.45, 7) is 14.9. The highest BCUT2D eigenvalue weighted by Crippen LogP contribution is 2.44. The van der Waals surface area contributed by atoms with Gasteiger partial charge in [0.2, 0.25) is 3.79 Å². The van der Waals surface area contributed by atoms with Crippen LogP contribution in [0, 0.1) is 17.3 Å². The third kappa shape index (κ3) is 10.8. The molecule has 5 atom stereocenters. The van der Waals surface area contributed by atoms with Gasteiger partial charge in [0.25, 0.3) is 0 Å². The molecule has 0 heterocycles. The van der Waals surface area contributed by atoms with Crippen molar-refractivity contribution in [2.45, 2.75) is 82.3 Å². The van der Waals surface area contributed by atoms with Crippen molar-refractivity contribution >= 4 is 53.0 Å². The van der Waals surface area contributed by atoms with Gasteiger partial charge in [-0.05, 0) is 53.4 Å². The number of nitrogens with zero attached hydrogens (tertiary/aromatic N) is 1. The van der Waals surface area contributed by atoms with Gasteiger partial charge in [-0.3, -0.25) is 4.90 Å². The van der Waals surface area contributed by atoms with E-state index >= 15 is 0 Å². The van der Waals surface area contributed by atoms with Gasteiger partial charge in [0.15, 0.2) is 0 Å². The molecular weight excluding hydrogens is 665 g/mol. The predicted molar refractivity (Wildman–Crippen MR) is 186 cm³/mol. The average molecular weight is 711 g/mol. The summed E-state index contributed by atoms with van der Waals surface area (Å²) in [7, 11) is 1.53. The lowest BCUT2D eigenvalue weighted by atomic mass is 9.81. The first-order chi connectivity index (χ1) is 21.9. The quantitative estimate of drug-likeness (QED) is 0.0886. The average Bonchev–Trinajstić information content (AvgIpc) is 3.33. The van der Waals surface area contributed by atoms with Crippen molar-refractivity contribution in [2.75, 3.05) is 20.3 Å². The Bertz CT molecular complexity index is 1360. The van der Waals surface area contributed by atoms with Gasteiger partial charge in [0.1, 0.15) is 31.5 Å². The van der Waals surface area contributed by atoms with E-state index in [9.17, 15) is 14.4 Å². The van der Waals surface area contributed by atoms with Crippen LogP contribution in [0.2, 0.25) is 0 Å². The molecule has 8 nitrogen and oxygen atoms in total. The molecule has 47 heavy (non-hydrogen) atoms. The SMILES string of the molecule is C=C[C@@H](C)[C@H](C[C@H](C)C[C@H](OC(=O)[C@H](C)N(C)C(=O)OCC1c2ccccc2-c2ccccc21)C(C)(C)C)OC(=O)OCC(Cl)(Cl)Cl. The van der Waals surface area contributed by atoms with Crippen molar-refractivity contribution in [3.8, 4) is 11.1 Å². The Kier molecular flexibility index (Phi) is 13.5. The van der Waals surface area contributed by atoms with Crippen LogP contribution in [0.1, 0.15) is 71.4 Å². The molecule has 0 aliphatic heterocycles. The van der Waals surface area contributed by atoms with Gasteiger partial charge in [-0.25, -0.2) is 14.4 Å². The van der Waals surface area contributed by atoms with Crippen LogP contribution in [-0.2, 0) is 23.7 Å². The minimum Gasteiger partial charge on any atom is -0.460 e. The molecule has 11 heteroatoms. The second-order valence-corrected chi connectivity index (χ2v) is 15.9. The van der Waals surface area contributed by atoms with E-state index in [1.807, 2.05) is 58.9 Å². The third-order valence-corrected chi connectivity index (χ3v) is 8.91. The molecule has 1 amide bonds. The zero-order chi connectivity index (χ0) is 35.1. The second-order valence-electron chi connectivity index (χ2n) is 13.4. The number of esters is 1. The van der Waals surface area contributed by atoms with Crippen molar-refractivity contribution < 1.29 is 33.3 Å². The topological polar surface area (TPSA) is 91.4 Å². The molecule has 0 aromatic heterocycles. The van der Waals surface area contributed by atoms with Crippen LogP contribution in [-0.4, -0.2) is 65.4 Å². The molecule has 0 bridgehead atoms. The van der Waals surface area contributed by atoms with Gasteiger partial charge in [-0.15, -0.1) is 6.58 Å². The number of hydrogen-bond donors (Lipinski definition) is 0. The maximum absolute atomic E-state index is 13.4. The van der Waals surface area contributed by atoms with Gasteiger partial charge in [0.05, 0.1) is 0 Å². The number of carbonyl (C=O) groups is 3. The number of halogens is 3. The molecule has 258 valence electrons. The molecule has 0 fully saturated rings. The van der Waals surface area contributed by atoms with Gasteiger partial charge >= 0.3 is 18.2 Å². The van der Waals surface area contributed by atoms with E-state index in [2.05, 4.69) is 30.8 Å². The highest BCUT2D eigenvalue weighted by molar-refractivity contribution is 6.67. The number of rotatable bonds is 13. The first-order valence-electron chi connectivity index (χ1n) is 15.7. The van der Waals surface area contributed by atoms with Gasteiger partial charge in [-0.2, -0.15) is 0 Å². The lowest BCUT2D eigenvalue weighted by Crippen LogP contribution is -2.45. The number of amides is 1. The highest BCUT2D eigenvalue weighted by atomic mass is 35.6. The van der Waals surface area contributed by atoms with E-state index in [4.69, 9.17) is 53.8 Å². The van der Waals surface area contributed by atoms with Crippen LogP contribution in [0.3, 0.4) is 0 Å². The summed E-state index contributed by atoms with van der Waals surface area (Å²) in [4.78, 5) is 40.1. The predicted octanol–water partition coefficient (Wildman–Crippen LogP) is 9.34. The van der Waals surface area contributed by atoms with Crippen LogP contribution in [0.4, 0.5) is 9.59 Å². The number of fused-ring (bicyclic) bond motifs is 3. The minimum absolute atomic E-state index is 0.0458. The largest absolute Gasteiger partial charge is 0.508 e. The number of likely N-dealkylation sites (N-methyl/N-ethyl adjacent to an activating group) is 1. The van der Waals surface area contributed by atoms with Gasteiger partial charge in [-0.1, -0.05) is 124 Å². The summed E-state index contributed by atoms with van der Waals surface area (Å²) in [5.41, 5.74) is 4.06. The van der Waals surface area contributed by atoms with Gasteiger partial charge in [0, 0.05) is 18.9 Å². The Morgan fingerprint density at radius 3 is 1.96 bits per heavy atom. The second kappa shape index (κ2) is 16.4. The summed E-state index contributed by atoms with van der Waals surface area (Å²) < 4.78 is 20.5. The lowest BCUT2D eigenvalue weighted by Gasteiger charge is -2.35. The number of alkyl halides is 3. The van der Waals surface area contributed by atoms with Crippen molar-refractivity contribution in [3.63, 3.8) is 0 Å². The van der Waals surface area contributed by atoms with E-state index in [0.717, 1.165) is 22.3 Å². The lowest BCUT2D eigenvalue weighted by molar-refractivity contribution is -0.161. The molecule has 0 saturated heterocycles. The first kappa shape index (κ1) is 38.5. The van der Waals surface area contributed by atoms with E-state index in [-0.39, 0.29) is 24.4 Å². The highest BCUT2D eigenvalue weighted by Gasteiger charge is 2.36. The Morgan fingerprint density at radius 2 is 1.45 bits per heavy atom. The molecule has 0 radical (unpaired) electrons. The number of carbonyl (C=O) groups excluding carboxylic acids is 3. The fraction of sp³-hybridized carbons (Fsp3) is 0.528. The van der Waals surface area contributed by atoms with Crippen molar-refractivity contribution in [2.24, 2.45) is 17.3 Å². The molecule has 3 rings (SSSR count). The number of ether oxygens (including phenoxy) is 4. The normalized spacial score (nSPS) is 16.0. The first-order valence-corrected chi connectivity index (χ1v) is 16.9. The molecule has 0 N–H and O–H groups in total. The van der Waals surface area contributed by atoms with Crippen LogP contribution in [0.25, 0.3) is 11.1 Å². The van der Waals surface area contributed by atoms with Crippen LogP contribution < -0.4 is 0 Å². The summed E-state index contributed by atoms with van der Waals surface area (Å²) in [5.74, 6) is -0.882. The fourth-order valence-electron chi connectivity index (χ4n) is 5.51. The van der Waals surface area contributed by atoms with E-state index < -0.39 is 52.3 Å². The molecule has 0 saturated carbocycles. The minimum atomic E-state index is -1.76. The van der Waals surface area contributed by atoms with E-state index in [1.165, 1.54) is 11.9 Å². The standard InChI is InChI=1S/C36H46Cl3NO7/c1-9-23(3)30(46-34(43)45-21-36(37,38)39)18-22(2)19-31(35(5,6)7)47-32(41)24(4)40(8)33(42)44-20-29-27-16-12-10-14-25(27)26-15-11-13-17-28(26)29/h9-17,22-24,29-31H,1,18-21H2,2-8H3/t22-,23+,24-,30-,31-/m0/s1. The van der Waals surface area contributed by atoms with Gasteiger partial charge < -0.3 is 18.9 Å². The van der Waals surface area contributed by atoms with Crippen LogP contribution >= 0.6 is 34.8 Å². The molecule has 0 unspecified atom stereocenters. The fourth-order valence-corrected chi connectivity index (χ4v) is 5.67. The molecule has 1 aliphatic carbocycles. The third-order valence-electron chi connectivity index (χ3n) is 8.58. The Morgan fingerprint density at radius 1 is 0.894 bits per heavy atom. The number of benzene rings is 2. The Balaban J connectivity index is 1.60. The zero-order valence-electron chi connectivity index (χ0n) is 28.1. The Labute approximate surface area is 293 Å². The summed E-state index contributed by atoms with van der Waals surface area (Å²) in [6.07, 6.45) is -0.0384. The summed E-state index contributed by atoms with van der Waals surface area (Å²) in [6, 6.07) is 15.3. The maximum atomic E-state index is 13.4. The molecular formula is C36H46Cl3NO7. The molecule has 2 aromatic rings. The van der Waals surface area contributed by atoms with Crippen LogP contribution in [0.5, 0.6) is 0 Å². The van der Waals surface area contributed by atoms with E-state index in [0.29, 0.717) is 12.8 Å².